The highest BCUT2D eigenvalue weighted by Gasteiger charge is 2.17. The second-order valence-corrected chi connectivity index (χ2v) is 7.85. The molecule has 1 amide bonds. The molecule has 9 heteroatoms. The molecule has 3 aromatic rings. The highest BCUT2D eigenvalue weighted by atomic mass is 16.4. The number of rotatable bonds is 10. The Morgan fingerprint density at radius 1 is 0.833 bits per heavy atom. The summed E-state index contributed by atoms with van der Waals surface area (Å²) in [6.45, 7) is 1.77. The first kappa shape index (κ1) is 27.7. The molecule has 0 saturated heterocycles. The van der Waals surface area contributed by atoms with Crippen molar-refractivity contribution >= 4 is 35.0 Å². The third-order valence-corrected chi connectivity index (χ3v) is 4.75. The summed E-state index contributed by atoms with van der Waals surface area (Å²) in [6, 6.07) is 23.1. The first-order chi connectivity index (χ1) is 17.3. The first-order valence-electron chi connectivity index (χ1n) is 11.2. The molecule has 2 aromatic carbocycles. The first-order valence-corrected chi connectivity index (χ1v) is 11.2. The number of benzene rings is 2. The van der Waals surface area contributed by atoms with Gasteiger partial charge in [-0.15, -0.1) is 0 Å². The van der Waals surface area contributed by atoms with Gasteiger partial charge in [-0.25, -0.2) is 14.6 Å². The van der Waals surface area contributed by atoms with Crippen LogP contribution in [0.3, 0.4) is 0 Å². The molecule has 0 saturated carbocycles. The molecule has 0 unspecified atom stereocenters. The van der Waals surface area contributed by atoms with E-state index in [2.05, 4.69) is 46.3 Å². The zero-order valence-electron chi connectivity index (χ0n) is 20.2. The maximum atomic E-state index is 12.7. The van der Waals surface area contributed by atoms with E-state index in [1.807, 2.05) is 48.5 Å². The largest absolute Gasteiger partial charge is 0.478 e. The third-order valence-electron chi connectivity index (χ3n) is 4.75. The molecule has 36 heavy (non-hydrogen) atoms. The molecular formula is C27H30N4O5. The Morgan fingerprint density at radius 2 is 1.42 bits per heavy atom. The van der Waals surface area contributed by atoms with Crippen LogP contribution in [0.25, 0.3) is 0 Å². The number of pyridine rings is 1. The molecule has 3 N–H and O–H groups in total. The zero-order chi connectivity index (χ0) is 26.3. The minimum absolute atomic E-state index is 0.142. The van der Waals surface area contributed by atoms with Crippen LogP contribution in [0.15, 0.2) is 91.1 Å². The van der Waals surface area contributed by atoms with E-state index in [9.17, 15) is 14.4 Å². The van der Waals surface area contributed by atoms with Crippen LogP contribution < -0.4 is 10.2 Å². The summed E-state index contributed by atoms with van der Waals surface area (Å²) in [5.74, 6) is -1.91. The van der Waals surface area contributed by atoms with Gasteiger partial charge in [-0.1, -0.05) is 36.4 Å². The van der Waals surface area contributed by atoms with Crippen LogP contribution in [0.4, 0.5) is 17.2 Å². The van der Waals surface area contributed by atoms with Crippen molar-refractivity contribution in [2.45, 2.75) is 6.42 Å². The number of carboxylic acid groups (broad SMARTS) is 2. The standard InChI is InChI=1S/C23H26N4O.C4H4O4/c1-26(2)17-10-18-27(20-13-7-4-8-14-20)22-21(15-9-16-24-22)25-23(28)19-11-5-3-6-12-19;5-3(6)1-2-4(7)8/h3-9,11-16H,10,17-18H2,1-2H3,(H,25,28);1-2H,(H,5,6)(H,7,8). The highest BCUT2D eigenvalue weighted by Crippen LogP contribution is 2.30. The van der Waals surface area contributed by atoms with Crippen molar-refractivity contribution in [3.63, 3.8) is 0 Å². The number of para-hydroxylation sites is 1. The third kappa shape index (κ3) is 9.78. The lowest BCUT2D eigenvalue weighted by Crippen LogP contribution is -2.25. The summed E-state index contributed by atoms with van der Waals surface area (Å²) >= 11 is 0. The Labute approximate surface area is 210 Å². The lowest BCUT2D eigenvalue weighted by atomic mass is 10.2. The van der Waals surface area contributed by atoms with Crippen molar-refractivity contribution in [2.75, 3.05) is 37.4 Å². The van der Waals surface area contributed by atoms with Crippen molar-refractivity contribution in [1.29, 1.82) is 0 Å². The average Bonchev–Trinajstić information content (AvgIpc) is 2.87. The van der Waals surface area contributed by atoms with Crippen LogP contribution >= 0.6 is 0 Å². The number of nitrogens with zero attached hydrogens (tertiary/aromatic N) is 3. The van der Waals surface area contributed by atoms with Crippen LogP contribution in [0.2, 0.25) is 0 Å². The Bertz CT molecular complexity index is 1140. The number of amides is 1. The Balaban J connectivity index is 0.000000493. The zero-order valence-corrected chi connectivity index (χ0v) is 20.2. The van der Waals surface area contributed by atoms with Gasteiger partial charge in [-0.05, 0) is 63.5 Å². The van der Waals surface area contributed by atoms with Crippen LogP contribution in [0.5, 0.6) is 0 Å². The summed E-state index contributed by atoms with van der Waals surface area (Å²) in [5.41, 5.74) is 2.37. The predicted molar refractivity (Wildman–Crippen MR) is 140 cm³/mol. The Kier molecular flexibility index (Phi) is 11.3. The van der Waals surface area contributed by atoms with Crippen molar-refractivity contribution < 1.29 is 24.6 Å². The van der Waals surface area contributed by atoms with E-state index in [0.29, 0.717) is 23.4 Å². The van der Waals surface area contributed by atoms with E-state index >= 15 is 0 Å². The summed E-state index contributed by atoms with van der Waals surface area (Å²) in [6.07, 6.45) is 3.85. The minimum atomic E-state index is -1.26. The van der Waals surface area contributed by atoms with Crippen LogP contribution in [-0.4, -0.2) is 65.1 Å². The minimum Gasteiger partial charge on any atom is -0.478 e. The molecule has 1 heterocycles. The molecule has 0 radical (unpaired) electrons. The molecule has 0 aliphatic rings. The molecular weight excluding hydrogens is 460 g/mol. The Hall–Kier alpha value is -4.50. The molecule has 9 nitrogen and oxygen atoms in total. The molecule has 3 rings (SSSR count). The number of aliphatic carboxylic acids is 2. The second-order valence-electron chi connectivity index (χ2n) is 7.85. The van der Waals surface area contributed by atoms with Gasteiger partial charge in [-0.2, -0.15) is 0 Å². The second kappa shape index (κ2) is 14.7. The number of carboxylic acids is 2. The van der Waals surface area contributed by atoms with E-state index in [4.69, 9.17) is 10.2 Å². The SMILES string of the molecule is CN(C)CCCN(c1ccccc1)c1ncccc1NC(=O)c1ccccc1.O=C(O)C=CC(=O)O. The maximum Gasteiger partial charge on any atom is 0.328 e. The van der Waals surface area contributed by atoms with E-state index in [0.717, 1.165) is 31.0 Å². The van der Waals surface area contributed by atoms with Crippen molar-refractivity contribution in [3.8, 4) is 0 Å². The highest BCUT2D eigenvalue weighted by molar-refractivity contribution is 6.05. The van der Waals surface area contributed by atoms with Crippen molar-refractivity contribution in [3.05, 3.63) is 96.7 Å². The molecule has 0 fully saturated rings. The number of carbonyl (C=O) groups is 3. The smallest absolute Gasteiger partial charge is 0.328 e. The topological polar surface area (TPSA) is 123 Å². The van der Waals surface area contributed by atoms with Gasteiger partial charge < -0.3 is 25.3 Å². The quantitative estimate of drug-likeness (QED) is 0.363. The molecule has 0 atom stereocenters. The van der Waals surface area contributed by atoms with E-state index in [1.165, 1.54) is 0 Å². The Morgan fingerprint density at radius 3 is 1.97 bits per heavy atom. The van der Waals surface area contributed by atoms with Gasteiger partial charge in [0.05, 0.1) is 5.69 Å². The number of carbonyl (C=O) groups excluding carboxylic acids is 1. The van der Waals surface area contributed by atoms with Gasteiger partial charge in [0, 0.05) is 36.1 Å². The van der Waals surface area contributed by atoms with Gasteiger partial charge in [0.25, 0.3) is 5.91 Å². The van der Waals surface area contributed by atoms with Gasteiger partial charge in [-0.3, -0.25) is 4.79 Å². The van der Waals surface area contributed by atoms with Crippen LogP contribution in [0, 0.1) is 0 Å². The van der Waals surface area contributed by atoms with Gasteiger partial charge >= 0.3 is 11.9 Å². The number of aromatic nitrogens is 1. The summed E-state index contributed by atoms with van der Waals surface area (Å²) in [7, 11) is 4.14. The summed E-state index contributed by atoms with van der Waals surface area (Å²) < 4.78 is 0. The number of anilines is 3. The van der Waals surface area contributed by atoms with Gasteiger partial charge in [0.1, 0.15) is 0 Å². The van der Waals surface area contributed by atoms with Crippen molar-refractivity contribution in [2.24, 2.45) is 0 Å². The number of hydrogen-bond donors (Lipinski definition) is 3. The average molecular weight is 491 g/mol. The van der Waals surface area contributed by atoms with E-state index < -0.39 is 11.9 Å². The molecule has 0 aliphatic heterocycles. The van der Waals surface area contributed by atoms with Crippen molar-refractivity contribution in [1.82, 2.24) is 9.88 Å². The fraction of sp³-hybridized carbons (Fsp3) is 0.185. The molecule has 0 spiro atoms. The molecule has 0 aliphatic carbocycles. The number of nitrogens with one attached hydrogen (secondary N) is 1. The van der Waals surface area contributed by atoms with Gasteiger partial charge in [0.2, 0.25) is 0 Å². The predicted octanol–water partition coefficient (Wildman–Crippen LogP) is 4.14. The maximum absolute atomic E-state index is 12.7. The van der Waals surface area contributed by atoms with Gasteiger partial charge in [0.15, 0.2) is 5.82 Å². The monoisotopic (exact) mass is 490 g/mol. The molecule has 1 aromatic heterocycles. The molecule has 188 valence electrons. The fourth-order valence-electron chi connectivity index (χ4n) is 3.15. The fourth-order valence-corrected chi connectivity index (χ4v) is 3.15. The summed E-state index contributed by atoms with van der Waals surface area (Å²) in [4.78, 5) is 40.7. The van der Waals surface area contributed by atoms with E-state index in [1.54, 1.807) is 18.3 Å². The lowest BCUT2D eigenvalue weighted by Gasteiger charge is -2.26. The lowest BCUT2D eigenvalue weighted by molar-refractivity contribution is -0.134. The molecule has 0 bridgehead atoms. The number of hydrogen-bond acceptors (Lipinski definition) is 6. The van der Waals surface area contributed by atoms with E-state index in [-0.39, 0.29) is 5.91 Å². The normalized spacial score (nSPS) is 10.4. The van der Waals surface area contributed by atoms with Crippen LogP contribution in [0.1, 0.15) is 16.8 Å². The van der Waals surface area contributed by atoms with Crippen LogP contribution in [-0.2, 0) is 9.59 Å². The summed E-state index contributed by atoms with van der Waals surface area (Å²) in [5, 5.41) is 18.6.